The molecule has 0 aliphatic heterocycles. The van der Waals surface area contributed by atoms with Crippen molar-refractivity contribution in [2.24, 2.45) is 5.92 Å². The Morgan fingerprint density at radius 3 is 2.47 bits per heavy atom. The predicted octanol–water partition coefficient (Wildman–Crippen LogP) is 0.619. The maximum Gasteiger partial charge on any atom is 0.405 e. The molecule has 4 nitrogen and oxygen atoms in total. The van der Waals surface area contributed by atoms with Crippen LogP contribution in [0.1, 0.15) is 12.8 Å². The second-order valence-electron chi connectivity index (χ2n) is 3.58. The smallest absolute Gasteiger partial charge is 0.391 e. The van der Waals surface area contributed by atoms with Crippen LogP contribution in [-0.2, 0) is 0 Å². The summed E-state index contributed by atoms with van der Waals surface area (Å²) in [5.74, 6) is 0.188. The lowest BCUT2D eigenvalue weighted by atomic mass is 10.2. The van der Waals surface area contributed by atoms with E-state index in [0.29, 0.717) is 0 Å². The molecule has 0 aromatic carbocycles. The van der Waals surface area contributed by atoms with Crippen molar-refractivity contribution in [3.8, 4) is 0 Å². The van der Waals surface area contributed by atoms with E-state index < -0.39 is 24.9 Å². The monoisotopic (exact) mass is 226 g/mol. The van der Waals surface area contributed by atoms with Gasteiger partial charge in [-0.15, -0.1) is 0 Å². The van der Waals surface area contributed by atoms with Crippen LogP contribution in [0.25, 0.3) is 0 Å². The van der Waals surface area contributed by atoms with Crippen LogP contribution in [0, 0.1) is 5.92 Å². The van der Waals surface area contributed by atoms with Crippen molar-refractivity contribution in [3.63, 3.8) is 0 Å². The molecule has 0 saturated heterocycles. The molecule has 7 heteroatoms. The zero-order chi connectivity index (χ0) is 11.5. The molecule has 1 saturated carbocycles. The number of halogens is 3. The summed E-state index contributed by atoms with van der Waals surface area (Å²) in [7, 11) is 0. The summed E-state index contributed by atoms with van der Waals surface area (Å²) in [5, 5.41) is 13.1. The maximum absolute atomic E-state index is 11.7. The van der Waals surface area contributed by atoms with Gasteiger partial charge in [-0.2, -0.15) is 13.2 Å². The van der Waals surface area contributed by atoms with E-state index in [-0.39, 0.29) is 12.5 Å². The number of hydrogen-bond acceptors (Lipinski definition) is 2. The largest absolute Gasteiger partial charge is 0.405 e. The summed E-state index contributed by atoms with van der Waals surface area (Å²) in [6.07, 6.45) is -3.24. The first-order valence-corrected chi connectivity index (χ1v) is 4.65. The average molecular weight is 226 g/mol. The van der Waals surface area contributed by atoms with Crippen molar-refractivity contribution in [1.29, 1.82) is 0 Å². The molecule has 1 unspecified atom stereocenters. The predicted molar refractivity (Wildman–Crippen MR) is 46.2 cm³/mol. The van der Waals surface area contributed by atoms with E-state index in [2.05, 4.69) is 5.32 Å². The van der Waals surface area contributed by atoms with Gasteiger partial charge in [0.15, 0.2) is 0 Å². The van der Waals surface area contributed by atoms with Crippen molar-refractivity contribution >= 4 is 6.03 Å². The van der Waals surface area contributed by atoms with Gasteiger partial charge in [0.25, 0.3) is 0 Å². The Morgan fingerprint density at radius 2 is 2.00 bits per heavy atom. The summed E-state index contributed by atoms with van der Waals surface area (Å²) in [5.41, 5.74) is 0. The molecule has 1 aliphatic rings. The van der Waals surface area contributed by atoms with E-state index in [1.165, 1.54) is 0 Å². The Hall–Kier alpha value is -0.980. The van der Waals surface area contributed by atoms with E-state index in [9.17, 15) is 23.1 Å². The molecule has 1 rings (SSSR count). The number of carbonyl (C=O) groups is 1. The summed E-state index contributed by atoms with van der Waals surface area (Å²) < 4.78 is 35.0. The van der Waals surface area contributed by atoms with Crippen LogP contribution in [0.15, 0.2) is 0 Å². The topological polar surface area (TPSA) is 61.4 Å². The van der Waals surface area contributed by atoms with E-state index in [1.54, 1.807) is 5.32 Å². The SMILES string of the molecule is O=C(NCC(O)C1CC1)NCC(F)(F)F. The molecule has 2 amide bonds. The first kappa shape index (κ1) is 12.1. The number of carbonyl (C=O) groups excluding carboxylic acids is 1. The third-order valence-corrected chi connectivity index (χ3v) is 2.09. The fraction of sp³-hybridized carbons (Fsp3) is 0.875. The maximum atomic E-state index is 11.7. The molecule has 0 bridgehead atoms. The quantitative estimate of drug-likeness (QED) is 0.658. The Balaban J connectivity index is 2.07. The molecule has 1 aliphatic carbocycles. The molecule has 0 aromatic rings. The van der Waals surface area contributed by atoms with Crippen LogP contribution >= 0.6 is 0 Å². The molecular weight excluding hydrogens is 213 g/mol. The molecule has 0 radical (unpaired) electrons. The molecule has 0 spiro atoms. The second kappa shape index (κ2) is 4.69. The van der Waals surface area contributed by atoms with E-state index >= 15 is 0 Å². The molecule has 15 heavy (non-hydrogen) atoms. The highest BCUT2D eigenvalue weighted by Gasteiger charge is 2.30. The van der Waals surface area contributed by atoms with Gasteiger partial charge in [-0.3, -0.25) is 0 Å². The van der Waals surface area contributed by atoms with Gasteiger partial charge >= 0.3 is 12.2 Å². The minimum atomic E-state index is -4.41. The summed E-state index contributed by atoms with van der Waals surface area (Å²) in [6, 6.07) is -0.910. The summed E-state index contributed by atoms with van der Waals surface area (Å²) in [6.45, 7) is -1.37. The van der Waals surface area contributed by atoms with Crippen molar-refractivity contribution in [2.75, 3.05) is 13.1 Å². The Labute approximate surface area is 84.8 Å². The highest BCUT2D eigenvalue weighted by atomic mass is 19.4. The Morgan fingerprint density at radius 1 is 1.40 bits per heavy atom. The van der Waals surface area contributed by atoms with Crippen molar-refractivity contribution in [1.82, 2.24) is 10.6 Å². The third kappa shape index (κ3) is 5.46. The van der Waals surface area contributed by atoms with Gasteiger partial charge in [0.2, 0.25) is 0 Å². The normalized spacial score (nSPS) is 18.4. The fourth-order valence-electron chi connectivity index (χ4n) is 1.09. The minimum Gasteiger partial charge on any atom is -0.391 e. The van der Waals surface area contributed by atoms with Crippen LogP contribution < -0.4 is 10.6 Å². The standard InChI is InChI=1S/C8H13F3N2O2/c9-8(10,11)4-13-7(15)12-3-6(14)5-1-2-5/h5-6,14H,1-4H2,(H2,12,13,15). The van der Waals surface area contributed by atoms with E-state index in [1.807, 2.05) is 0 Å². The lowest BCUT2D eigenvalue weighted by molar-refractivity contribution is -0.122. The number of nitrogens with one attached hydrogen (secondary N) is 2. The number of urea groups is 1. The molecule has 88 valence electrons. The number of amides is 2. The summed E-state index contributed by atoms with van der Waals surface area (Å²) >= 11 is 0. The van der Waals surface area contributed by atoms with E-state index in [4.69, 9.17) is 0 Å². The molecule has 1 atom stereocenters. The van der Waals surface area contributed by atoms with Crippen LogP contribution in [-0.4, -0.2) is 36.5 Å². The number of rotatable bonds is 4. The number of aliphatic hydroxyl groups is 1. The second-order valence-corrected chi connectivity index (χ2v) is 3.58. The van der Waals surface area contributed by atoms with Crippen LogP contribution in [0.5, 0.6) is 0 Å². The molecular formula is C8H13F3N2O2. The van der Waals surface area contributed by atoms with Gasteiger partial charge in [0.1, 0.15) is 6.54 Å². The van der Waals surface area contributed by atoms with Crippen molar-refractivity contribution in [3.05, 3.63) is 0 Å². The first-order chi connectivity index (χ1) is 6.88. The lowest BCUT2D eigenvalue weighted by Crippen LogP contribution is -2.43. The highest BCUT2D eigenvalue weighted by Crippen LogP contribution is 2.32. The number of aliphatic hydroxyl groups excluding tert-OH is 1. The Kier molecular flexibility index (Phi) is 3.78. The van der Waals surface area contributed by atoms with Gasteiger partial charge in [-0.05, 0) is 18.8 Å². The first-order valence-electron chi connectivity index (χ1n) is 4.65. The van der Waals surface area contributed by atoms with Gasteiger partial charge in [-0.25, -0.2) is 4.79 Å². The summed E-state index contributed by atoms with van der Waals surface area (Å²) in [4.78, 5) is 10.8. The molecule has 1 fully saturated rings. The third-order valence-electron chi connectivity index (χ3n) is 2.09. The Bertz CT molecular complexity index is 228. The van der Waals surface area contributed by atoms with Gasteiger partial charge < -0.3 is 15.7 Å². The number of alkyl halides is 3. The molecule has 0 heterocycles. The van der Waals surface area contributed by atoms with E-state index in [0.717, 1.165) is 12.8 Å². The zero-order valence-electron chi connectivity index (χ0n) is 7.97. The van der Waals surface area contributed by atoms with Gasteiger partial charge in [-0.1, -0.05) is 0 Å². The lowest BCUT2D eigenvalue weighted by Gasteiger charge is -2.12. The van der Waals surface area contributed by atoms with Crippen molar-refractivity contribution < 1.29 is 23.1 Å². The van der Waals surface area contributed by atoms with Crippen LogP contribution in [0.3, 0.4) is 0 Å². The minimum absolute atomic E-state index is 0.00560. The van der Waals surface area contributed by atoms with Gasteiger partial charge in [0.05, 0.1) is 6.10 Å². The fourth-order valence-corrected chi connectivity index (χ4v) is 1.09. The molecule has 3 N–H and O–H groups in total. The van der Waals surface area contributed by atoms with Crippen LogP contribution in [0.4, 0.5) is 18.0 Å². The number of hydrogen-bond donors (Lipinski definition) is 3. The average Bonchev–Trinajstić information content (AvgIpc) is 2.92. The molecule has 0 aromatic heterocycles. The van der Waals surface area contributed by atoms with Crippen molar-refractivity contribution in [2.45, 2.75) is 25.1 Å². The highest BCUT2D eigenvalue weighted by molar-refractivity contribution is 5.73. The van der Waals surface area contributed by atoms with Gasteiger partial charge in [0, 0.05) is 6.54 Å². The van der Waals surface area contributed by atoms with Crippen LogP contribution in [0.2, 0.25) is 0 Å². The zero-order valence-corrected chi connectivity index (χ0v) is 7.97.